The molecule has 2 N–H and O–H groups in total. The molecule has 0 aromatic heterocycles. The van der Waals surface area contributed by atoms with Crippen LogP contribution in [-0.4, -0.2) is 48.3 Å². The van der Waals surface area contributed by atoms with Gasteiger partial charge in [-0.2, -0.15) is 0 Å². The summed E-state index contributed by atoms with van der Waals surface area (Å²) in [5.74, 6) is 0. The van der Waals surface area contributed by atoms with Crippen LogP contribution in [0, 0.1) is 0 Å². The average Bonchev–Trinajstić information content (AvgIpc) is 2.79. The lowest BCUT2D eigenvalue weighted by Gasteiger charge is -2.38. The van der Waals surface area contributed by atoms with Crippen molar-refractivity contribution in [3.05, 3.63) is 28.2 Å². The number of nitrogens with one attached hydrogen (secondary N) is 1. The molecule has 2 aliphatic rings. The number of rotatable bonds is 2. The van der Waals surface area contributed by atoms with Crippen molar-refractivity contribution in [3.63, 3.8) is 0 Å². The number of amides is 2. The number of aliphatic hydroxyl groups excluding tert-OH is 1. The van der Waals surface area contributed by atoms with Crippen molar-refractivity contribution in [1.82, 2.24) is 10.2 Å². The molecule has 0 radical (unpaired) electrons. The molecule has 1 unspecified atom stereocenters. The van der Waals surface area contributed by atoms with Gasteiger partial charge in [0.15, 0.2) is 0 Å². The van der Waals surface area contributed by atoms with Crippen molar-refractivity contribution >= 4 is 27.6 Å². The molecule has 1 aromatic carbocycles. The van der Waals surface area contributed by atoms with Gasteiger partial charge in [0, 0.05) is 36.3 Å². The smallest absolute Gasteiger partial charge is 0.317 e. The van der Waals surface area contributed by atoms with Crippen molar-refractivity contribution < 1.29 is 9.90 Å². The number of halogens is 1. The number of fused-ring (bicyclic) bond motifs is 1. The molecule has 108 valence electrons. The number of hydrogen-bond donors (Lipinski definition) is 2. The van der Waals surface area contributed by atoms with Gasteiger partial charge in [-0.1, -0.05) is 22.0 Å². The van der Waals surface area contributed by atoms with E-state index in [1.54, 1.807) is 6.92 Å². The molecule has 0 bridgehead atoms. The van der Waals surface area contributed by atoms with E-state index in [0.717, 1.165) is 41.9 Å². The van der Waals surface area contributed by atoms with Crippen LogP contribution < -0.4 is 10.2 Å². The molecule has 2 heterocycles. The number of piperazine rings is 1. The maximum Gasteiger partial charge on any atom is 0.317 e. The van der Waals surface area contributed by atoms with Crippen LogP contribution in [0.4, 0.5) is 10.5 Å². The fraction of sp³-hybridized carbons (Fsp3) is 0.500. The number of urea groups is 1. The number of hydrogen-bond acceptors (Lipinski definition) is 3. The largest absolute Gasteiger partial charge is 0.389 e. The standard InChI is InChI=1S/C14H18BrN3O2/c1-9(19)12-3-2-10(6-13(12)15)17-4-5-18-11(8-17)7-16-14(18)20/h2-3,6,9,11,19H,4-5,7-8H2,1H3,(H,16,20)/t9-,11?/m1/s1. The predicted molar refractivity (Wildman–Crippen MR) is 80.9 cm³/mol. The van der Waals surface area contributed by atoms with Crippen LogP contribution in [0.3, 0.4) is 0 Å². The number of anilines is 1. The van der Waals surface area contributed by atoms with Gasteiger partial charge in [-0.15, -0.1) is 0 Å². The SMILES string of the molecule is C[C@@H](O)c1ccc(N2CCN3C(=O)NCC3C2)cc1Br. The quantitative estimate of drug-likeness (QED) is 0.862. The summed E-state index contributed by atoms with van der Waals surface area (Å²) in [6.45, 7) is 4.92. The summed E-state index contributed by atoms with van der Waals surface area (Å²) < 4.78 is 0.924. The van der Waals surface area contributed by atoms with E-state index in [2.05, 4.69) is 26.1 Å². The Hall–Kier alpha value is -1.27. The Morgan fingerprint density at radius 2 is 2.25 bits per heavy atom. The van der Waals surface area contributed by atoms with Gasteiger partial charge in [-0.25, -0.2) is 4.79 Å². The van der Waals surface area contributed by atoms with Gasteiger partial charge >= 0.3 is 6.03 Å². The van der Waals surface area contributed by atoms with E-state index in [1.807, 2.05) is 23.1 Å². The zero-order valence-corrected chi connectivity index (χ0v) is 12.9. The highest BCUT2D eigenvalue weighted by atomic mass is 79.9. The second-order valence-corrected chi connectivity index (χ2v) is 6.22. The minimum absolute atomic E-state index is 0.0558. The van der Waals surface area contributed by atoms with Gasteiger partial charge in [0.2, 0.25) is 0 Å². The summed E-state index contributed by atoms with van der Waals surface area (Å²) in [5, 5.41) is 12.5. The van der Waals surface area contributed by atoms with Gasteiger partial charge in [-0.3, -0.25) is 0 Å². The van der Waals surface area contributed by atoms with Crippen molar-refractivity contribution in [2.24, 2.45) is 0 Å². The molecule has 0 aliphatic carbocycles. The van der Waals surface area contributed by atoms with E-state index >= 15 is 0 Å². The highest BCUT2D eigenvalue weighted by Crippen LogP contribution is 2.29. The average molecular weight is 340 g/mol. The van der Waals surface area contributed by atoms with Crippen LogP contribution in [0.5, 0.6) is 0 Å². The predicted octanol–water partition coefficient (Wildman–Crippen LogP) is 1.72. The van der Waals surface area contributed by atoms with Crippen LogP contribution in [0.1, 0.15) is 18.6 Å². The molecule has 2 fully saturated rings. The number of benzene rings is 1. The second-order valence-electron chi connectivity index (χ2n) is 5.36. The van der Waals surface area contributed by atoms with Crippen molar-refractivity contribution in [2.45, 2.75) is 19.1 Å². The Morgan fingerprint density at radius 1 is 1.45 bits per heavy atom. The van der Waals surface area contributed by atoms with E-state index in [4.69, 9.17) is 0 Å². The number of carbonyl (C=O) groups is 1. The Morgan fingerprint density at radius 3 is 2.95 bits per heavy atom. The van der Waals surface area contributed by atoms with Gasteiger partial charge in [0.05, 0.1) is 12.1 Å². The first-order valence-corrected chi connectivity index (χ1v) is 7.62. The lowest BCUT2D eigenvalue weighted by atomic mass is 10.1. The fourth-order valence-corrected chi connectivity index (χ4v) is 3.59. The van der Waals surface area contributed by atoms with E-state index in [0.29, 0.717) is 0 Å². The molecule has 5 nitrogen and oxygen atoms in total. The van der Waals surface area contributed by atoms with Crippen molar-refractivity contribution in [3.8, 4) is 0 Å². The molecule has 2 amide bonds. The summed E-state index contributed by atoms with van der Waals surface area (Å²) in [4.78, 5) is 15.8. The topological polar surface area (TPSA) is 55.8 Å². The Balaban J connectivity index is 1.77. The third-order valence-electron chi connectivity index (χ3n) is 4.03. The van der Waals surface area contributed by atoms with Gasteiger partial charge in [-0.05, 0) is 24.6 Å². The first-order chi connectivity index (χ1) is 9.56. The first-order valence-electron chi connectivity index (χ1n) is 6.83. The van der Waals surface area contributed by atoms with Gasteiger partial charge in [0.25, 0.3) is 0 Å². The molecule has 2 aliphatic heterocycles. The molecule has 2 atom stereocenters. The lowest BCUT2D eigenvalue weighted by molar-refractivity contribution is 0.197. The van der Waals surface area contributed by atoms with Crippen LogP contribution in [0.25, 0.3) is 0 Å². The van der Waals surface area contributed by atoms with Gasteiger partial charge in [0.1, 0.15) is 0 Å². The van der Waals surface area contributed by atoms with Crippen molar-refractivity contribution in [2.75, 3.05) is 31.1 Å². The molecular weight excluding hydrogens is 322 g/mol. The zero-order valence-electron chi connectivity index (χ0n) is 11.3. The molecule has 1 aromatic rings. The Kier molecular flexibility index (Phi) is 3.60. The van der Waals surface area contributed by atoms with E-state index in [-0.39, 0.29) is 12.1 Å². The van der Waals surface area contributed by atoms with Crippen LogP contribution in [0.2, 0.25) is 0 Å². The first kappa shape index (κ1) is 13.7. The summed E-state index contributed by atoms with van der Waals surface area (Å²) >= 11 is 3.52. The van der Waals surface area contributed by atoms with Crippen LogP contribution in [0.15, 0.2) is 22.7 Å². The number of nitrogens with zero attached hydrogens (tertiary/aromatic N) is 2. The number of aliphatic hydroxyl groups is 1. The third-order valence-corrected chi connectivity index (χ3v) is 4.72. The number of carbonyl (C=O) groups excluding carboxylic acids is 1. The molecule has 0 saturated carbocycles. The van der Waals surface area contributed by atoms with Gasteiger partial charge < -0.3 is 20.2 Å². The molecule has 0 spiro atoms. The molecule has 3 rings (SSSR count). The van der Waals surface area contributed by atoms with E-state index in [9.17, 15) is 9.90 Å². The summed E-state index contributed by atoms with van der Waals surface area (Å²) in [5.41, 5.74) is 2.02. The Bertz CT molecular complexity index is 535. The normalized spacial score (nSPS) is 23.6. The molecule has 2 saturated heterocycles. The maximum absolute atomic E-state index is 11.6. The monoisotopic (exact) mass is 339 g/mol. The minimum atomic E-state index is -0.480. The van der Waals surface area contributed by atoms with Crippen molar-refractivity contribution in [1.29, 1.82) is 0 Å². The fourth-order valence-electron chi connectivity index (χ4n) is 2.89. The molecule has 20 heavy (non-hydrogen) atoms. The highest BCUT2D eigenvalue weighted by Gasteiger charge is 2.35. The summed E-state index contributed by atoms with van der Waals surface area (Å²) in [6, 6.07) is 6.34. The summed E-state index contributed by atoms with van der Waals surface area (Å²) in [7, 11) is 0. The lowest BCUT2D eigenvalue weighted by Crippen LogP contribution is -2.52. The van der Waals surface area contributed by atoms with E-state index < -0.39 is 6.10 Å². The van der Waals surface area contributed by atoms with Crippen LogP contribution in [-0.2, 0) is 0 Å². The second kappa shape index (κ2) is 5.26. The Labute approximate surface area is 126 Å². The zero-order chi connectivity index (χ0) is 14.3. The highest BCUT2D eigenvalue weighted by molar-refractivity contribution is 9.10. The van der Waals surface area contributed by atoms with Crippen LogP contribution >= 0.6 is 15.9 Å². The minimum Gasteiger partial charge on any atom is -0.389 e. The third kappa shape index (κ3) is 2.38. The molecular formula is C14H18BrN3O2. The summed E-state index contributed by atoms with van der Waals surface area (Å²) in [6.07, 6.45) is -0.480. The molecule has 6 heteroatoms. The maximum atomic E-state index is 11.6. The van der Waals surface area contributed by atoms with E-state index in [1.165, 1.54) is 0 Å².